The molecule has 0 fully saturated rings. The Morgan fingerprint density at radius 1 is 0.909 bits per heavy atom. The average Bonchev–Trinajstić information content (AvgIpc) is 2.59. The molecular weight excluding hydrogens is 280 g/mol. The van der Waals surface area contributed by atoms with Gasteiger partial charge in [0.1, 0.15) is 17.2 Å². The number of allylic oxidation sites excluding steroid dienone is 1. The number of methoxy groups -OCH3 is 3. The van der Waals surface area contributed by atoms with Crippen molar-refractivity contribution in [3.05, 3.63) is 59.7 Å². The van der Waals surface area contributed by atoms with Gasteiger partial charge in [0.05, 0.1) is 26.9 Å². The number of carbonyl (C=O) groups is 1. The fourth-order valence-electron chi connectivity index (χ4n) is 2.04. The maximum Gasteiger partial charge on any atom is 0.189 e. The van der Waals surface area contributed by atoms with Crippen molar-refractivity contribution >= 4 is 11.9 Å². The first-order chi connectivity index (χ1) is 10.7. The van der Waals surface area contributed by atoms with Crippen molar-refractivity contribution in [1.82, 2.24) is 0 Å². The zero-order valence-electron chi connectivity index (χ0n) is 12.8. The molecule has 0 atom stereocenters. The minimum Gasteiger partial charge on any atom is -0.497 e. The van der Waals surface area contributed by atoms with Crippen molar-refractivity contribution in [3.8, 4) is 17.2 Å². The summed E-state index contributed by atoms with van der Waals surface area (Å²) >= 11 is 0. The van der Waals surface area contributed by atoms with E-state index >= 15 is 0 Å². The average molecular weight is 298 g/mol. The molecule has 114 valence electrons. The lowest BCUT2D eigenvalue weighted by Gasteiger charge is -2.06. The topological polar surface area (TPSA) is 44.8 Å². The van der Waals surface area contributed by atoms with Crippen LogP contribution in [-0.4, -0.2) is 27.1 Å². The van der Waals surface area contributed by atoms with Crippen LogP contribution in [-0.2, 0) is 0 Å². The second kappa shape index (κ2) is 7.31. The van der Waals surface area contributed by atoms with Gasteiger partial charge in [0.15, 0.2) is 5.78 Å². The number of carbonyl (C=O) groups excluding carboxylic acids is 1. The summed E-state index contributed by atoms with van der Waals surface area (Å²) in [5, 5.41) is 0. The number of benzene rings is 2. The molecule has 0 aliphatic heterocycles. The third kappa shape index (κ3) is 3.67. The van der Waals surface area contributed by atoms with E-state index in [1.165, 1.54) is 6.08 Å². The minimum absolute atomic E-state index is 0.126. The van der Waals surface area contributed by atoms with Crippen molar-refractivity contribution in [2.75, 3.05) is 21.3 Å². The monoisotopic (exact) mass is 298 g/mol. The summed E-state index contributed by atoms with van der Waals surface area (Å²) in [4.78, 5) is 12.3. The SMILES string of the molecule is COc1cc(C=CC(=O)c2ccccc2OC)cc(OC)c1. The predicted octanol–water partition coefficient (Wildman–Crippen LogP) is 3.61. The number of para-hydroxylation sites is 1. The third-order valence-corrected chi connectivity index (χ3v) is 3.17. The molecule has 0 radical (unpaired) electrons. The second-order valence-corrected chi connectivity index (χ2v) is 4.54. The van der Waals surface area contributed by atoms with Gasteiger partial charge in [0, 0.05) is 6.07 Å². The molecule has 0 aromatic heterocycles. The van der Waals surface area contributed by atoms with Gasteiger partial charge in [0.25, 0.3) is 0 Å². The van der Waals surface area contributed by atoms with Crippen LogP contribution in [0.2, 0.25) is 0 Å². The molecule has 0 saturated heterocycles. The lowest BCUT2D eigenvalue weighted by atomic mass is 10.1. The first-order valence-corrected chi connectivity index (χ1v) is 6.76. The van der Waals surface area contributed by atoms with Crippen LogP contribution in [0.5, 0.6) is 17.2 Å². The Bertz CT molecular complexity index is 667. The summed E-state index contributed by atoms with van der Waals surface area (Å²) < 4.78 is 15.6. The summed E-state index contributed by atoms with van der Waals surface area (Å²) in [5.41, 5.74) is 1.34. The fourth-order valence-corrected chi connectivity index (χ4v) is 2.04. The first kappa shape index (κ1) is 15.6. The number of rotatable bonds is 6. The number of ketones is 1. The maximum atomic E-state index is 12.3. The van der Waals surface area contributed by atoms with E-state index in [9.17, 15) is 4.79 Å². The van der Waals surface area contributed by atoms with Crippen LogP contribution < -0.4 is 14.2 Å². The van der Waals surface area contributed by atoms with Crippen molar-refractivity contribution in [3.63, 3.8) is 0 Å². The van der Waals surface area contributed by atoms with E-state index in [-0.39, 0.29) is 5.78 Å². The van der Waals surface area contributed by atoms with Crippen LogP contribution >= 0.6 is 0 Å². The Labute approximate surface area is 129 Å². The van der Waals surface area contributed by atoms with Crippen molar-refractivity contribution in [2.45, 2.75) is 0 Å². The van der Waals surface area contributed by atoms with Crippen LogP contribution in [0.1, 0.15) is 15.9 Å². The highest BCUT2D eigenvalue weighted by atomic mass is 16.5. The van der Waals surface area contributed by atoms with Crippen LogP contribution in [0.3, 0.4) is 0 Å². The van der Waals surface area contributed by atoms with Gasteiger partial charge in [-0.25, -0.2) is 0 Å². The molecule has 0 aliphatic rings. The van der Waals surface area contributed by atoms with Gasteiger partial charge < -0.3 is 14.2 Å². The Balaban J connectivity index is 2.26. The summed E-state index contributed by atoms with van der Waals surface area (Å²) in [7, 11) is 4.72. The fraction of sp³-hybridized carbons (Fsp3) is 0.167. The Kier molecular flexibility index (Phi) is 5.20. The third-order valence-electron chi connectivity index (χ3n) is 3.17. The highest BCUT2D eigenvalue weighted by molar-refractivity contribution is 6.08. The van der Waals surface area contributed by atoms with E-state index in [0.29, 0.717) is 22.8 Å². The lowest BCUT2D eigenvalue weighted by molar-refractivity contribution is 0.104. The molecule has 2 aromatic rings. The zero-order valence-corrected chi connectivity index (χ0v) is 12.8. The molecule has 0 bridgehead atoms. The van der Waals surface area contributed by atoms with Crippen LogP contribution in [0.15, 0.2) is 48.5 Å². The molecule has 0 N–H and O–H groups in total. The van der Waals surface area contributed by atoms with E-state index in [1.807, 2.05) is 18.2 Å². The highest BCUT2D eigenvalue weighted by Crippen LogP contribution is 2.24. The Morgan fingerprint density at radius 3 is 2.14 bits per heavy atom. The Morgan fingerprint density at radius 2 is 1.55 bits per heavy atom. The van der Waals surface area contributed by atoms with E-state index < -0.39 is 0 Å². The van der Waals surface area contributed by atoms with Gasteiger partial charge in [-0.2, -0.15) is 0 Å². The predicted molar refractivity (Wildman–Crippen MR) is 85.9 cm³/mol. The van der Waals surface area contributed by atoms with Crippen molar-refractivity contribution in [2.24, 2.45) is 0 Å². The largest absolute Gasteiger partial charge is 0.497 e. The van der Waals surface area contributed by atoms with Crippen molar-refractivity contribution in [1.29, 1.82) is 0 Å². The molecule has 2 aromatic carbocycles. The molecule has 2 rings (SSSR count). The molecule has 0 spiro atoms. The van der Waals surface area contributed by atoms with Gasteiger partial charge >= 0.3 is 0 Å². The van der Waals surface area contributed by atoms with Gasteiger partial charge in [-0.05, 0) is 35.9 Å². The highest BCUT2D eigenvalue weighted by Gasteiger charge is 2.08. The molecule has 0 amide bonds. The smallest absolute Gasteiger partial charge is 0.189 e. The quantitative estimate of drug-likeness (QED) is 0.603. The van der Waals surface area contributed by atoms with Gasteiger partial charge in [-0.1, -0.05) is 18.2 Å². The Hall–Kier alpha value is -2.75. The standard InChI is InChI=1S/C18H18O4/c1-20-14-10-13(11-15(12-14)21-2)8-9-17(19)16-6-4-5-7-18(16)22-3/h4-12H,1-3H3. The normalized spacial score (nSPS) is 10.5. The second-order valence-electron chi connectivity index (χ2n) is 4.54. The molecular formula is C18H18O4. The summed E-state index contributed by atoms with van der Waals surface area (Å²) in [6.45, 7) is 0. The van der Waals surface area contributed by atoms with Crippen LogP contribution in [0.25, 0.3) is 6.08 Å². The number of hydrogen-bond donors (Lipinski definition) is 0. The molecule has 0 aliphatic carbocycles. The van der Waals surface area contributed by atoms with E-state index in [4.69, 9.17) is 14.2 Å². The van der Waals surface area contributed by atoms with E-state index in [2.05, 4.69) is 0 Å². The molecule has 0 unspecified atom stereocenters. The minimum atomic E-state index is -0.126. The first-order valence-electron chi connectivity index (χ1n) is 6.76. The summed E-state index contributed by atoms with van der Waals surface area (Å²) in [6, 6.07) is 12.6. The van der Waals surface area contributed by atoms with Crippen molar-refractivity contribution < 1.29 is 19.0 Å². The molecule has 0 heterocycles. The molecule has 22 heavy (non-hydrogen) atoms. The number of ether oxygens (including phenoxy) is 3. The molecule has 4 nitrogen and oxygen atoms in total. The van der Waals surface area contributed by atoms with Crippen LogP contribution in [0, 0.1) is 0 Å². The van der Waals surface area contributed by atoms with Gasteiger partial charge in [-0.15, -0.1) is 0 Å². The summed E-state index contributed by atoms with van der Waals surface area (Å²) in [5.74, 6) is 1.77. The molecule has 0 saturated carbocycles. The van der Waals surface area contributed by atoms with E-state index in [1.54, 1.807) is 51.7 Å². The number of hydrogen-bond acceptors (Lipinski definition) is 4. The maximum absolute atomic E-state index is 12.3. The van der Waals surface area contributed by atoms with Crippen LogP contribution in [0.4, 0.5) is 0 Å². The van der Waals surface area contributed by atoms with E-state index in [0.717, 1.165) is 5.56 Å². The summed E-state index contributed by atoms with van der Waals surface area (Å²) in [6.07, 6.45) is 3.23. The lowest BCUT2D eigenvalue weighted by Crippen LogP contribution is -1.98. The molecule has 4 heteroatoms. The van der Waals surface area contributed by atoms with Gasteiger partial charge in [-0.3, -0.25) is 4.79 Å². The van der Waals surface area contributed by atoms with Gasteiger partial charge in [0.2, 0.25) is 0 Å². The zero-order chi connectivity index (χ0) is 15.9.